The van der Waals surface area contributed by atoms with Gasteiger partial charge in [0.2, 0.25) is 0 Å². The number of hydrogen-bond donors (Lipinski definition) is 1. The Morgan fingerprint density at radius 3 is 2.47 bits per heavy atom. The van der Waals surface area contributed by atoms with Crippen LogP contribution in [0, 0.1) is 0 Å². The van der Waals surface area contributed by atoms with Crippen molar-refractivity contribution in [2.24, 2.45) is 0 Å². The van der Waals surface area contributed by atoms with E-state index in [-0.39, 0.29) is 0 Å². The molecular weight excluding hydrogens is 236 g/mol. The molecule has 1 heterocycles. The van der Waals surface area contributed by atoms with E-state index in [1.54, 1.807) is 6.33 Å². The van der Waals surface area contributed by atoms with Crippen molar-refractivity contribution in [2.75, 3.05) is 0 Å². The molecule has 1 rings (SSSR count). The van der Waals surface area contributed by atoms with E-state index in [2.05, 4.69) is 36.2 Å². The molecule has 0 unspecified atom stereocenters. The van der Waals surface area contributed by atoms with E-state index in [0.717, 1.165) is 18.9 Å². The fourth-order valence-corrected chi connectivity index (χ4v) is 2.13. The van der Waals surface area contributed by atoms with Crippen LogP contribution in [0.4, 0.5) is 0 Å². The van der Waals surface area contributed by atoms with Crippen molar-refractivity contribution < 1.29 is 0 Å². The summed E-state index contributed by atoms with van der Waals surface area (Å²) in [6.45, 7) is 8.38. The summed E-state index contributed by atoms with van der Waals surface area (Å²) in [6.07, 6.45) is 11.0. The second kappa shape index (κ2) is 9.96. The lowest BCUT2D eigenvalue weighted by Gasteiger charge is -2.09. The van der Waals surface area contributed by atoms with Gasteiger partial charge in [-0.05, 0) is 6.42 Å². The molecule has 1 aromatic heterocycles. The molecule has 19 heavy (non-hydrogen) atoms. The summed E-state index contributed by atoms with van der Waals surface area (Å²) in [5.74, 6) is 1.06. The van der Waals surface area contributed by atoms with Crippen LogP contribution in [0.15, 0.2) is 6.33 Å². The van der Waals surface area contributed by atoms with Crippen LogP contribution in [-0.2, 0) is 13.1 Å². The zero-order chi connectivity index (χ0) is 13.9. The lowest BCUT2D eigenvalue weighted by molar-refractivity contribution is 0.487. The number of hydrogen-bond acceptors (Lipinski definition) is 3. The molecule has 0 saturated carbocycles. The quantitative estimate of drug-likeness (QED) is 0.623. The van der Waals surface area contributed by atoms with E-state index in [9.17, 15) is 0 Å². The highest BCUT2D eigenvalue weighted by Gasteiger charge is 2.04. The number of nitrogens with one attached hydrogen (secondary N) is 1. The van der Waals surface area contributed by atoms with Crippen LogP contribution in [-0.4, -0.2) is 20.8 Å². The molecule has 1 aromatic rings. The number of rotatable bonds is 11. The lowest BCUT2D eigenvalue weighted by Crippen LogP contribution is -2.24. The van der Waals surface area contributed by atoms with Crippen molar-refractivity contribution in [3.8, 4) is 0 Å². The molecule has 0 aliphatic rings. The lowest BCUT2D eigenvalue weighted by atomic mass is 10.1. The Morgan fingerprint density at radius 2 is 1.79 bits per heavy atom. The molecule has 4 heteroatoms. The first-order chi connectivity index (χ1) is 9.24. The monoisotopic (exact) mass is 266 g/mol. The molecule has 4 nitrogen and oxygen atoms in total. The molecule has 0 aromatic carbocycles. The predicted molar refractivity (Wildman–Crippen MR) is 80.0 cm³/mol. The first-order valence-corrected chi connectivity index (χ1v) is 7.84. The van der Waals surface area contributed by atoms with Crippen molar-refractivity contribution in [3.05, 3.63) is 12.2 Å². The topological polar surface area (TPSA) is 42.7 Å². The minimum atomic E-state index is 0.490. The standard InChI is InChI=1S/C15H30N4/c1-4-5-6-7-8-9-10-11-19-15(17-13-18-19)12-16-14(2)3/h13-14,16H,4-12H2,1-3H3. The average molecular weight is 266 g/mol. The van der Waals surface area contributed by atoms with Gasteiger partial charge in [0.05, 0.1) is 6.54 Å². The molecule has 110 valence electrons. The van der Waals surface area contributed by atoms with E-state index >= 15 is 0 Å². The third-order valence-corrected chi connectivity index (χ3v) is 3.34. The maximum absolute atomic E-state index is 4.32. The molecule has 0 aliphatic carbocycles. The van der Waals surface area contributed by atoms with E-state index in [0.29, 0.717) is 6.04 Å². The Hall–Kier alpha value is -0.900. The average Bonchev–Trinajstić information content (AvgIpc) is 2.83. The van der Waals surface area contributed by atoms with Crippen LogP contribution in [0.25, 0.3) is 0 Å². The number of nitrogens with zero attached hydrogens (tertiary/aromatic N) is 3. The van der Waals surface area contributed by atoms with Crippen LogP contribution in [0.5, 0.6) is 0 Å². The molecule has 0 atom stereocenters. The zero-order valence-electron chi connectivity index (χ0n) is 12.9. The smallest absolute Gasteiger partial charge is 0.140 e. The van der Waals surface area contributed by atoms with Crippen molar-refractivity contribution in [2.45, 2.75) is 84.8 Å². The Labute approximate surface area is 118 Å². The van der Waals surface area contributed by atoms with Crippen LogP contribution in [0.2, 0.25) is 0 Å². The summed E-state index contributed by atoms with van der Waals surface area (Å²) in [7, 11) is 0. The van der Waals surface area contributed by atoms with Crippen molar-refractivity contribution in [1.29, 1.82) is 0 Å². The second-order valence-corrected chi connectivity index (χ2v) is 5.56. The third kappa shape index (κ3) is 7.31. The van der Waals surface area contributed by atoms with Gasteiger partial charge in [-0.1, -0.05) is 59.3 Å². The second-order valence-electron chi connectivity index (χ2n) is 5.56. The summed E-state index contributed by atoms with van der Waals surface area (Å²) in [5, 5.41) is 7.70. The maximum atomic E-state index is 4.32. The van der Waals surface area contributed by atoms with Gasteiger partial charge in [-0.25, -0.2) is 9.67 Å². The Kier molecular flexibility index (Phi) is 8.47. The fourth-order valence-electron chi connectivity index (χ4n) is 2.13. The van der Waals surface area contributed by atoms with Crippen molar-refractivity contribution in [1.82, 2.24) is 20.1 Å². The van der Waals surface area contributed by atoms with Gasteiger partial charge in [-0.3, -0.25) is 0 Å². The molecule has 0 amide bonds. The fraction of sp³-hybridized carbons (Fsp3) is 0.867. The molecule has 0 saturated heterocycles. The minimum Gasteiger partial charge on any atom is -0.308 e. The van der Waals surface area contributed by atoms with Gasteiger partial charge in [0.15, 0.2) is 0 Å². The highest BCUT2D eigenvalue weighted by Crippen LogP contribution is 2.08. The molecule has 0 spiro atoms. The van der Waals surface area contributed by atoms with Gasteiger partial charge >= 0.3 is 0 Å². The third-order valence-electron chi connectivity index (χ3n) is 3.34. The summed E-state index contributed by atoms with van der Waals surface area (Å²) < 4.78 is 2.04. The Balaban J connectivity index is 2.13. The first kappa shape index (κ1) is 16.2. The Morgan fingerprint density at radius 1 is 1.11 bits per heavy atom. The maximum Gasteiger partial charge on any atom is 0.140 e. The predicted octanol–water partition coefficient (Wildman–Crippen LogP) is 3.53. The largest absolute Gasteiger partial charge is 0.308 e. The zero-order valence-corrected chi connectivity index (χ0v) is 12.9. The van der Waals surface area contributed by atoms with Crippen molar-refractivity contribution >= 4 is 0 Å². The number of unbranched alkanes of at least 4 members (excludes halogenated alkanes) is 6. The van der Waals surface area contributed by atoms with Gasteiger partial charge in [0.1, 0.15) is 12.2 Å². The minimum absolute atomic E-state index is 0.490. The van der Waals surface area contributed by atoms with E-state index in [1.165, 1.54) is 44.9 Å². The van der Waals surface area contributed by atoms with Gasteiger partial charge in [-0.2, -0.15) is 5.10 Å². The van der Waals surface area contributed by atoms with Crippen LogP contribution < -0.4 is 5.32 Å². The molecule has 0 aliphatic heterocycles. The molecule has 1 N–H and O–H groups in total. The van der Waals surface area contributed by atoms with Gasteiger partial charge in [-0.15, -0.1) is 0 Å². The first-order valence-electron chi connectivity index (χ1n) is 7.84. The summed E-state index contributed by atoms with van der Waals surface area (Å²) in [4.78, 5) is 4.32. The highest BCUT2D eigenvalue weighted by atomic mass is 15.3. The van der Waals surface area contributed by atoms with Crippen LogP contribution in [0.3, 0.4) is 0 Å². The van der Waals surface area contributed by atoms with E-state index in [1.807, 2.05) is 4.68 Å². The summed E-state index contributed by atoms with van der Waals surface area (Å²) in [5.41, 5.74) is 0. The normalized spacial score (nSPS) is 11.4. The molecule has 0 bridgehead atoms. The number of aromatic nitrogens is 3. The summed E-state index contributed by atoms with van der Waals surface area (Å²) in [6, 6.07) is 0.490. The van der Waals surface area contributed by atoms with Gasteiger partial charge in [0.25, 0.3) is 0 Å². The Bertz CT molecular complexity index is 320. The molecule has 0 fully saturated rings. The number of aryl methyl sites for hydroxylation is 1. The van der Waals surface area contributed by atoms with Crippen molar-refractivity contribution in [3.63, 3.8) is 0 Å². The van der Waals surface area contributed by atoms with Gasteiger partial charge < -0.3 is 5.32 Å². The van der Waals surface area contributed by atoms with Crippen LogP contribution in [0.1, 0.15) is 71.5 Å². The van der Waals surface area contributed by atoms with E-state index < -0.39 is 0 Å². The van der Waals surface area contributed by atoms with E-state index in [4.69, 9.17) is 0 Å². The SMILES string of the molecule is CCCCCCCCCn1ncnc1CNC(C)C. The van der Waals surface area contributed by atoms with Crippen LogP contribution >= 0.6 is 0 Å². The molecular formula is C15H30N4. The highest BCUT2D eigenvalue weighted by molar-refractivity contribution is 4.84. The summed E-state index contributed by atoms with van der Waals surface area (Å²) >= 11 is 0. The molecule has 0 radical (unpaired) electrons. The van der Waals surface area contributed by atoms with Gasteiger partial charge in [0, 0.05) is 12.6 Å².